The minimum atomic E-state index is 0.760. The van der Waals surface area contributed by atoms with E-state index >= 15 is 0 Å². The highest BCUT2D eigenvalue weighted by Gasteiger charge is 2.08. The summed E-state index contributed by atoms with van der Waals surface area (Å²) in [7, 11) is 0. The molecule has 0 amide bonds. The average molecular weight is 285 g/mol. The molecular formula is C12H17BrN2O. The van der Waals surface area contributed by atoms with E-state index in [-0.39, 0.29) is 0 Å². The van der Waals surface area contributed by atoms with E-state index in [9.17, 15) is 0 Å². The molecule has 1 aromatic carbocycles. The van der Waals surface area contributed by atoms with Gasteiger partial charge >= 0.3 is 0 Å². The lowest BCUT2D eigenvalue weighted by molar-refractivity contribution is 0.191. The Morgan fingerprint density at radius 3 is 2.88 bits per heavy atom. The molecule has 0 spiro atoms. The lowest BCUT2D eigenvalue weighted by atomic mass is 10.3. The molecule has 0 atom stereocenters. The van der Waals surface area contributed by atoms with Gasteiger partial charge in [0.05, 0.1) is 0 Å². The number of benzene rings is 1. The molecular weight excluding hydrogens is 268 g/mol. The van der Waals surface area contributed by atoms with Crippen LogP contribution in [0.4, 0.5) is 0 Å². The molecule has 2 rings (SSSR count). The largest absolute Gasteiger partial charge is 0.492 e. The molecule has 0 saturated carbocycles. The summed E-state index contributed by atoms with van der Waals surface area (Å²) < 4.78 is 6.76. The van der Waals surface area contributed by atoms with Gasteiger partial charge < -0.3 is 10.1 Å². The fourth-order valence-corrected chi connectivity index (χ4v) is 2.16. The number of hydrogen-bond acceptors (Lipinski definition) is 3. The molecule has 1 N–H and O–H groups in total. The van der Waals surface area contributed by atoms with Crippen molar-refractivity contribution in [3.8, 4) is 5.75 Å². The first kappa shape index (κ1) is 11.9. The van der Waals surface area contributed by atoms with Gasteiger partial charge in [0.1, 0.15) is 12.4 Å². The standard InChI is InChI=1S/C12H17BrN2O/c13-11-2-1-3-12(10-11)16-9-8-15-6-4-14-5-7-15/h1-3,10,14H,4-9H2. The minimum Gasteiger partial charge on any atom is -0.492 e. The van der Waals surface area contributed by atoms with E-state index in [0.29, 0.717) is 0 Å². The van der Waals surface area contributed by atoms with Gasteiger partial charge in [-0.1, -0.05) is 22.0 Å². The van der Waals surface area contributed by atoms with E-state index in [2.05, 4.69) is 26.1 Å². The average Bonchev–Trinajstić information content (AvgIpc) is 2.30. The van der Waals surface area contributed by atoms with Crippen molar-refractivity contribution in [2.45, 2.75) is 0 Å². The van der Waals surface area contributed by atoms with Crippen molar-refractivity contribution in [2.75, 3.05) is 39.3 Å². The smallest absolute Gasteiger partial charge is 0.120 e. The summed E-state index contributed by atoms with van der Waals surface area (Å²) in [6.45, 7) is 6.21. The van der Waals surface area contributed by atoms with E-state index in [1.54, 1.807) is 0 Å². The molecule has 4 heteroatoms. The van der Waals surface area contributed by atoms with E-state index < -0.39 is 0 Å². The first-order valence-electron chi connectivity index (χ1n) is 5.66. The fourth-order valence-electron chi connectivity index (χ4n) is 1.78. The zero-order chi connectivity index (χ0) is 11.2. The van der Waals surface area contributed by atoms with Crippen LogP contribution in [-0.2, 0) is 0 Å². The topological polar surface area (TPSA) is 24.5 Å². The zero-order valence-corrected chi connectivity index (χ0v) is 10.9. The second-order valence-corrected chi connectivity index (χ2v) is 4.81. The summed E-state index contributed by atoms with van der Waals surface area (Å²) in [6, 6.07) is 7.98. The van der Waals surface area contributed by atoms with Crippen molar-refractivity contribution in [1.29, 1.82) is 0 Å². The molecule has 1 aromatic rings. The van der Waals surface area contributed by atoms with Gasteiger partial charge in [-0.05, 0) is 18.2 Å². The van der Waals surface area contributed by atoms with E-state index in [1.807, 2.05) is 24.3 Å². The summed E-state index contributed by atoms with van der Waals surface area (Å²) >= 11 is 3.43. The van der Waals surface area contributed by atoms with Crippen molar-refractivity contribution >= 4 is 15.9 Å². The number of rotatable bonds is 4. The van der Waals surface area contributed by atoms with Gasteiger partial charge in [0.15, 0.2) is 0 Å². The molecule has 88 valence electrons. The maximum atomic E-state index is 5.70. The molecule has 1 aliphatic rings. The van der Waals surface area contributed by atoms with E-state index in [0.717, 1.165) is 49.6 Å². The molecule has 0 radical (unpaired) electrons. The molecule has 1 heterocycles. The molecule has 1 fully saturated rings. The van der Waals surface area contributed by atoms with Gasteiger partial charge in [-0.25, -0.2) is 0 Å². The third-order valence-corrected chi connectivity index (χ3v) is 3.18. The molecule has 0 aromatic heterocycles. The molecule has 1 aliphatic heterocycles. The van der Waals surface area contributed by atoms with Crippen molar-refractivity contribution in [3.63, 3.8) is 0 Å². The fraction of sp³-hybridized carbons (Fsp3) is 0.500. The van der Waals surface area contributed by atoms with Crippen LogP contribution in [0.3, 0.4) is 0 Å². The maximum Gasteiger partial charge on any atom is 0.120 e. The predicted molar refractivity (Wildman–Crippen MR) is 68.9 cm³/mol. The SMILES string of the molecule is Brc1cccc(OCCN2CCNCC2)c1. The van der Waals surface area contributed by atoms with Crippen LogP contribution in [0.5, 0.6) is 5.75 Å². The summed E-state index contributed by atoms with van der Waals surface area (Å²) in [5, 5.41) is 3.34. The lowest BCUT2D eigenvalue weighted by Crippen LogP contribution is -2.44. The number of piperazine rings is 1. The molecule has 1 saturated heterocycles. The van der Waals surface area contributed by atoms with Crippen LogP contribution >= 0.6 is 15.9 Å². The Hall–Kier alpha value is -0.580. The molecule has 3 nitrogen and oxygen atoms in total. The van der Waals surface area contributed by atoms with Crippen molar-refractivity contribution in [1.82, 2.24) is 10.2 Å². The number of hydrogen-bond donors (Lipinski definition) is 1. The van der Waals surface area contributed by atoms with Crippen LogP contribution in [-0.4, -0.2) is 44.2 Å². The number of halogens is 1. The highest BCUT2D eigenvalue weighted by molar-refractivity contribution is 9.10. The second-order valence-electron chi connectivity index (χ2n) is 3.90. The van der Waals surface area contributed by atoms with E-state index in [1.165, 1.54) is 0 Å². The van der Waals surface area contributed by atoms with Crippen LogP contribution in [0.25, 0.3) is 0 Å². The van der Waals surface area contributed by atoms with Gasteiger partial charge in [0.2, 0.25) is 0 Å². The third-order valence-electron chi connectivity index (χ3n) is 2.68. The lowest BCUT2D eigenvalue weighted by Gasteiger charge is -2.26. The Kier molecular flexibility index (Phi) is 4.63. The molecule has 0 unspecified atom stereocenters. The Morgan fingerprint density at radius 1 is 1.31 bits per heavy atom. The van der Waals surface area contributed by atoms with Crippen LogP contribution < -0.4 is 10.1 Å². The summed E-state index contributed by atoms with van der Waals surface area (Å²) in [5.74, 6) is 0.935. The first-order chi connectivity index (χ1) is 7.84. The first-order valence-corrected chi connectivity index (χ1v) is 6.45. The van der Waals surface area contributed by atoms with Crippen LogP contribution in [0.2, 0.25) is 0 Å². The van der Waals surface area contributed by atoms with Crippen molar-refractivity contribution in [3.05, 3.63) is 28.7 Å². The highest BCUT2D eigenvalue weighted by Crippen LogP contribution is 2.17. The Bertz CT molecular complexity index is 327. The van der Waals surface area contributed by atoms with Crippen LogP contribution in [0.15, 0.2) is 28.7 Å². The van der Waals surface area contributed by atoms with Gasteiger partial charge in [-0.15, -0.1) is 0 Å². The normalized spacial score (nSPS) is 17.3. The number of ether oxygens (including phenoxy) is 1. The van der Waals surface area contributed by atoms with Gasteiger partial charge in [0.25, 0.3) is 0 Å². The molecule has 0 bridgehead atoms. The quantitative estimate of drug-likeness (QED) is 0.912. The Balaban J connectivity index is 1.71. The third kappa shape index (κ3) is 3.77. The molecule has 16 heavy (non-hydrogen) atoms. The zero-order valence-electron chi connectivity index (χ0n) is 9.29. The number of nitrogens with zero attached hydrogens (tertiary/aromatic N) is 1. The predicted octanol–water partition coefficient (Wildman–Crippen LogP) is 1.73. The monoisotopic (exact) mass is 284 g/mol. The minimum absolute atomic E-state index is 0.760. The maximum absolute atomic E-state index is 5.70. The summed E-state index contributed by atoms with van der Waals surface area (Å²) in [6.07, 6.45) is 0. The second kappa shape index (κ2) is 6.23. The summed E-state index contributed by atoms with van der Waals surface area (Å²) in [4.78, 5) is 2.43. The van der Waals surface area contributed by atoms with E-state index in [4.69, 9.17) is 4.74 Å². The van der Waals surface area contributed by atoms with Crippen molar-refractivity contribution < 1.29 is 4.74 Å². The van der Waals surface area contributed by atoms with Crippen LogP contribution in [0, 0.1) is 0 Å². The van der Waals surface area contributed by atoms with Gasteiger partial charge in [0, 0.05) is 37.2 Å². The van der Waals surface area contributed by atoms with Gasteiger partial charge in [-0.2, -0.15) is 0 Å². The Morgan fingerprint density at radius 2 is 2.12 bits per heavy atom. The highest BCUT2D eigenvalue weighted by atomic mass is 79.9. The number of nitrogens with one attached hydrogen (secondary N) is 1. The van der Waals surface area contributed by atoms with Gasteiger partial charge in [-0.3, -0.25) is 4.90 Å². The van der Waals surface area contributed by atoms with Crippen LogP contribution in [0.1, 0.15) is 0 Å². The van der Waals surface area contributed by atoms with Crippen molar-refractivity contribution in [2.24, 2.45) is 0 Å². The Labute approximate surface area is 105 Å². The summed E-state index contributed by atoms with van der Waals surface area (Å²) in [5.41, 5.74) is 0. The molecule has 0 aliphatic carbocycles.